The topological polar surface area (TPSA) is 29.9 Å². The minimum Gasteiger partial charge on any atom is -0.344 e. The van der Waals surface area contributed by atoms with E-state index in [9.17, 15) is 13.2 Å². The van der Waals surface area contributed by atoms with Crippen molar-refractivity contribution < 1.29 is 13.2 Å². The van der Waals surface area contributed by atoms with Gasteiger partial charge in [-0.1, -0.05) is 17.7 Å². The summed E-state index contributed by atoms with van der Waals surface area (Å²) in [6.45, 7) is 3.63. The lowest BCUT2D eigenvalue weighted by atomic mass is 10.0. The number of alkyl halides is 3. The van der Waals surface area contributed by atoms with Crippen LogP contribution in [0.3, 0.4) is 0 Å². The maximum Gasteiger partial charge on any atom is 0.433 e. The zero-order valence-corrected chi connectivity index (χ0v) is 15.5. The van der Waals surface area contributed by atoms with Gasteiger partial charge < -0.3 is 9.88 Å². The highest BCUT2D eigenvalue weighted by atomic mass is 35.5. The quantitative estimate of drug-likeness (QED) is 0.679. The monoisotopic (exact) mass is 393 g/mol. The van der Waals surface area contributed by atoms with E-state index < -0.39 is 11.9 Å². The van der Waals surface area contributed by atoms with Crippen molar-refractivity contribution in [1.29, 1.82) is 0 Å². The fourth-order valence-electron chi connectivity index (χ4n) is 3.75. The van der Waals surface area contributed by atoms with E-state index >= 15 is 0 Å². The summed E-state index contributed by atoms with van der Waals surface area (Å²) in [6.07, 6.45) is -1.56. The molecule has 1 aliphatic heterocycles. The van der Waals surface area contributed by atoms with Crippen LogP contribution >= 0.6 is 11.6 Å². The predicted octanol–water partition coefficient (Wildman–Crippen LogP) is 4.99. The Balaban J connectivity index is 1.65. The van der Waals surface area contributed by atoms with Gasteiger partial charge in [0.25, 0.3) is 0 Å². The molecule has 1 aromatic carbocycles. The van der Waals surface area contributed by atoms with Crippen LogP contribution in [0.5, 0.6) is 0 Å². The van der Waals surface area contributed by atoms with Crippen molar-refractivity contribution in [1.82, 2.24) is 14.9 Å². The molecular weight excluding hydrogens is 375 g/mol. The number of fused-ring (bicyclic) bond motifs is 3. The second kappa shape index (κ2) is 6.84. The van der Waals surface area contributed by atoms with Crippen LogP contribution in [0.4, 0.5) is 13.2 Å². The van der Waals surface area contributed by atoms with E-state index in [0.717, 1.165) is 35.5 Å². The van der Waals surface area contributed by atoms with Crippen LogP contribution in [0.15, 0.2) is 36.5 Å². The number of benzene rings is 1. The average molecular weight is 394 g/mol. The molecule has 27 heavy (non-hydrogen) atoms. The van der Waals surface area contributed by atoms with E-state index in [2.05, 4.69) is 21.8 Å². The van der Waals surface area contributed by atoms with Crippen molar-refractivity contribution in [3.8, 4) is 0 Å². The van der Waals surface area contributed by atoms with E-state index in [1.807, 2.05) is 18.2 Å². The summed E-state index contributed by atoms with van der Waals surface area (Å²) in [5.74, 6) is 0. The molecule has 0 spiro atoms. The molecule has 0 aliphatic carbocycles. The van der Waals surface area contributed by atoms with E-state index in [1.54, 1.807) is 0 Å². The Morgan fingerprint density at radius 1 is 1.26 bits per heavy atom. The van der Waals surface area contributed by atoms with E-state index in [4.69, 9.17) is 11.6 Å². The first-order valence-corrected chi connectivity index (χ1v) is 9.26. The van der Waals surface area contributed by atoms with Gasteiger partial charge in [-0.05, 0) is 48.7 Å². The molecule has 0 radical (unpaired) electrons. The van der Waals surface area contributed by atoms with Gasteiger partial charge in [0.05, 0.1) is 0 Å². The summed E-state index contributed by atoms with van der Waals surface area (Å²) in [4.78, 5) is 3.56. The normalized spacial score (nSPS) is 17.3. The average Bonchev–Trinajstić information content (AvgIpc) is 2.91. The van der Waals surface area contributed by atoms with Crippen LogP contribution in [0, 0.1) is 0 Å². The third kappa shape index (κ3) is 3.56. The van der Waals surface area contributed by atoms with Crippen LogP contribution in [-0.2, 0) is 32.1 Å². The third-order valence-electron chi connectivity index (χ3n) is 5.11. The summed E-state index contributed by atoms with van der Waals surface area (Å²) in [5.41, 5.74) is 3.58. The Kier molecular flexibility index (Phi) is 4.64. The van der Waals surface area contributed by atoms with Gasteiger partial charge in [-0.3, -0.25) is 4.98 Å². The Morgan fingerprint density at radius 2 is 2.07 bits per heavy atom. The SMILES string of the molecule is CC1Cc2c(c3cc(Cl)ccc3n2CCc2ccc(C(F)(F)F)nc2)CN1. The second-order valence-corrected chi connectivity index (χ2v) is 7.46. The number of hydrogen-bond donors (Lipinski definition) is 1. The Hall–Kier alpha value is -2.05. The first-order valence-electron chi connectivity index (χ1n) is 8.88. The molecule has 4 rings (SSSR count). The number of pyridine rings is 1. The molecule has 0 fully saturated rings. The molecule has 0 saturated heterocycles. The molecule has 142 valence electrons. The lowest BCUT2D eigenvalue weighted by Crippen LogP contribution is -2.33. The highest BCUT2D eigenvalue weighted by Crippen LogP contribution is 2.32. The van der Waals surface area contributed by atoms with E-state index in [-0.39, 0.29) is 0 Å². The minimum absolute atomic E-state index is 0.378. The molecule has 1 N–H and O–H groups in total. The smallest absolute Gasteiger partial charge is 0.344 e. The van der Waals surface area contributed by atoms with Gasteiger partial charge in [-0.2, -0.15) is 13.2 Å². The molecular formula is C20H19ClF3N3. The minimum atomic E-state index is -4.41. The number of aromatic nitrogens is 2. The van der Waals surface area contributed by atoms with Gasteiger partial charge in [-0.25, -0.2) is 0 Å². The second-order valence-electron chi connectivity index (χ2n) is 7.02. The van der Waals surface area contributed by atoms with Crippen molar-refractivity contribution in [2.45, 2.75) is 45.1 Å². The maximum absolute atomic E-state index is 12.7. The highest BCUT2D eigenvalue weighted by molar-refractivity contribution is 6.31. The summed E-state index contributed by atoms with van der Waals surface area (Å²) >= 11 is 6.19. The Bertz CT molecular complexity index is 977. The lowest BCUT2D eigenvalue weighted by Gasteiger charge is -2.23. The van der Waals surface area contributed by atoms with Crippen LogP contribution in [0.2, 0.25) is 5.02 Å². The zero-order chi connectivity index (χ0) is 19.2. The van der Waals surface area contributed by atoms with Gasteiger partial charge in [0, 0.05) is 53.4 Å². The van der Waals surface area contributed by atoms with Crippen molar-refractivity contribution in [2.24, 2.45) is 0 Å². The fraction of sp³-hybridized carbons (Fsp3) is 0.350. The van der Waals surface area contributed by atoms with Crippen molar-refractivity contribution in [3.05, 3.63) is 64.1 Å². The molecule has 1 atom stereocenters. The first-order chi connectivity index (χ1) is 12.8. The molecule has 0 saturated carbocycles. The molecule has 2 aromatic heterocycles. The molecule has 3 nitrogen and oxygen atoms in total. The zero-order valence-electron chi connectivity index (χ0n) is 14.8. The summed E-state index contributed by atoms with van der Waals surface area (Å²) in [5, 5.41) is 5.33. The number of nitrogens with one attached hydrogen (secondary N) is 1. The van der Waals surface area contributed by atoms with Gasteiger partial charge in [-0.15, -0.1) is 0 Å². The molecule has 3 heterocycles. The standard InChI is InChI=1S/C20H19ClF3N3/c1-12-8-18-16(11-25-12)15-9-14(21)3-4-17(15)27(18)7-6-13-2-5-19(26-10-13)20(22,23)24/h2-5,9-10,12,25H,6-8,11H2,1H3. The Morgan fingerprint density at radius 3 is 2.78 bits per heavy atom. The maximum atomic E-state index is 12.7. The van der Waals surface area contributed by atoms with Crippen LogP contribution < -0.4 is 5.32 Å². The van der Waals surface area contributed by atoms with Gasteiger partial charge in [0.1, 0.15) is 5.69 Å². The lowest BCUT2D eigenvalue weighted by molar-refractivity contribution is -0.141. The molecule has 0 amide bonds. The van der Waals surface area contributed by atoms with Crippen molar-refractivity contribution >= 4 is 22.5 Å². The number of hydrogen-bond acceptors (Lipinski definition) is 2. The summed E-state index contributed by atoms with van der Waals surface area (Å²) in [6, 6.07) is 8.82. The van der Waals surface area contributed by atoms with E-state index in [1.165, 1.54) is 23.5 Å². The fourth-order valence-corrected chi connectivity index (χ4v) is 3.93. The van der Waals surface area contributed by atoms with Gasteiger partial charge >= 0.3 is 6.18 Å². The largest absolute Gasteiger partial charge is 0.433 e. The molecule has 7 heteroatoms. The predicted molar refractivity (Wildman–Crippen MR) is 99.9 cm³/mol. The number of halogens is 4. The first kappa shape index (κ1) is 18.3. The number of aryl methyl sites for hydroxylation is 2. The van der Waals surface area contributed by atoms with E-state index in [0.29, 0.717) is 24.0 Å². The van der Waals surface area contributed by atoms with Crippen LogP contribution in [0.1, 0.15) is 29.4 Å². The van der Waals surface area contributed by atoms with Crippen LogP contribution in [0.25, 0.3) is 10.9 Å². The van der Waals surface area contributed by atoms with Crippen molar-refractivity contribution in [2.75, 3.05) is 0 Å². The van der Waals surface area contributed by atoms with Gasteiger partial charge in [0.2, 0.25) is 0 Å². The molecule has 0 bridgehead atoms. The third-order valence-corrected chi connectivity index (χ3v) is 5.35. The number of rotatable bonds is 3. The van der Waals surface area contributed by atoms with Crippen molar-refractivity contribution in [3.63, 3.8) is 0 Å². The summed E-state index contributed by atoms with van der Waals surface area (Å²) in [7, 11) is 0. The molecule has 1 aliphatic rings. The van der Waals surface area contributed by atoms with Crippen LogP contribution in [-0.4, -0.2) is 15.6 Å². The molecule has 1 unspecified atom stereocenters. The summed E-state index contributed by atoms with van der Waals surface area (Å²) < 4.78 is 40.3. The molecule has 3 aromatic rings. The highest BCUT2D eigenvalue weighted by Gasteiger charge is 2.32. The Labute approximate surface area is 160 Å². The number of nitrogens with zero attached hydrogens (tertiary/aromatic N) is 2. The van der Waals surface area contributed by atoms with Gasteiger partial charge in [0.15, 0.2) is 0 Å².